The zero-order valence-corrected chi connectivity index (χ0v) is 22.1. The standard InChI is InChI=1S/C30H40OS/c1-28(2,3)22-16-10-13-19-25(22)32(31,26-20-14-11-17-23(26)29(4,5)6)27-21-15-12-18-24(27)30(7,8)9/h10-21,31H,1-9H3. The molecule has 0 atom stereocenters. The molecule has 2 heteroatoms. The minimum Gasteiger partial charge on any atom is -0.338 e. The van der Waals surface area contributed by atoms with Crippen LogP contribution in [-0.2, 0) is 16.2 Å². The second-order valence-corrected chi connectivity index (χ2v) is 14.3. The molecule has 0 unspecified atom stereocenters. The fourth-order valence-corrected chi connectivity index (χ4v) is 8.00. The van der Waals surface area contributed by atoms with Gasteiger partial charge in [0.15, 0.2) is 0 Å². The molecule has 0 heterocycles. The highest BCUT2D eigenvalue weighted by atomic mass is 32.3. The lowest BCUT2D eigenvalue weighted by Gasteiger charge is -2.44. The molecule has 0 saturated carbocycles. The van der Waals surface area contributed by atoms with Crippen molar-refractivity contribution in [2.45, 2.75) is 93.2 Å². The summed E-state index contributed by atoms with van der Waals surface area (Å²) in [7, 11) is -2.52. The van der Waals surface area contributed by atoms with Gasteiger partial charge in [-0.15, -0.1) is 0 Å². The molecule has 172 valence electrons. The van der Waals surface area contributed by atoms with E-state index in [1.165, 1.54) is 16.7 Å². The number of rotatable bonds is 3. The highest BCUT2D eigenvalue weighted by Crippen LogP contribution is 2.69. The molecule has 1 N–H and O–H groups in total. The van der Waals surface area contributed by atoms with Gasteiger partial charge in [0.05, 0.1) is 0 Å². The van der Waals surface area contributed by atoms with E-state index < -0.39 is 10.3 Å². The highest BCUT2D eigenvalue weighted by Gasteiger charge is 2.39. The summed E-state index contributed by atoms with van der Waals surface area (Å²) in [6.07, 6.45) is 0. The Hall–Kier alpha value is -2.03. The number of hydrogen-bond acceptors (Lipinski definition) is 1. The van der Waals surface area contributed by atoms with Crippen LogP contribution in [0.25, 0.3) is 0 Å². The molecular weight excluding hydrogens is 408 g/mol. The maximum atomic E-state index is 13.1. The topological polar surface area (TPSA) is 20.2 Å². The van der Waals surface area contributed by atoms with Crippen LogP contribution in [0.4, 0.5) is 0 Å². The number of benzene rings is 3. The fourth-order valence-electron chi connectivity index (χ4n) is 4.39. The largest absolute Gasteiger partial charge is 0.338 e. The molecule has 32 heavy (non-hydrogen) atoms. The summed E-state index contributed by atoms with van der Waals surface area (Å²) in [5.41, 5.74) is 3.32. The van der Waals surface area contributed by atoms with Crippen LogP contribution in [0.15, 0.2) is 87.5 Å². The Morgan fingerprint density at radius 3 is 0.875 bits per heavy atom. The summed E-state index contributed by atoms with van der Waals surface area (Å²) in [5.74, 6) is 0. The van der Waals surface area contributed by atoms with E-state index in [0.29, 0.717) is 0 Å². The van der Waals surface area contributed by atoms with Crippen molar-refractivity contribution in [1.82, 2.24) is 0 Å². The van der Waals surface area contributed by atoms with Gasteiger partial charge < -0.3 is 4.55 Å². The Morgan fingerprint density at radius 1 is 0.438 bits per heavy atom. The third-order valence-corrected chi connectivity index (χ3v) is 9.02. The van der Waals surface area contributed by atoms with E-state index in [1.54, 1.807) is 0 Å². The van der Waals surface area contributed by atoms with E-state index in [2.05, 4.69) is 135 Å². The smallest absolute Gasteiger partial charge is 0.0250 e. The van der Waals surface area contributed by atoms with Gasteiger partial charge in [0.2, 0.25) is 0 Å². The molecule has 0 aliphatic carbocycles. The predicted octanol–water partition coefficient (Wildman–Crippen LogP) is 9.33. The van der Waals surface area contributed by atoms with Gasteiger partial charge in [-0.3, -0.25) is 0 Å². The maximum Gasteiger partial charge on any atom is 0.0250 e. The quantitative estimate of drug-likeness (QED) is 0.423. The van der Waals surface area contributed by atoms with Gasteiger partial charge in [0, 0.05) is 14.7 Å². The average molecular weight is 449 g/mol. The summed E-state index contributed by atoms with van der Waals surface area (Å²) >= 11 is 0. The van der Waals surface area contributed by atoms with Crippen LogP contribution in [0.5, 0.6) is 0 Å². The maximum absolute atomic E-state index is 13.1. The first-order valence-corrected chi connectivity index (χ1v) is 13.1. The minimum absolute atomic E-state index is 0.0923. The van der Waals surface area contributed by atoms with Crippen molar-refractivity contribution in [3.05, 3.63) is 89.5 Å². The summed E-state index contributed by atoms with van der Waals surface area (Å²) in [4.78, 5) is 3.13. The van der Waals surface area contributed by atoms with Crippen LogP contribution in [-0.4, -0.2) is 4.55 Å². The van der Waals surface area contributed by atoms with E-state index in [1.807, 2.05) is 0 Å². The van der Waals surface area contributed by atoms with Crippen molar-refractivity contribution in [3.63, 3.8) is 0 Å². The van der Waals surface area contributed by atoms with Crippen molar-refractivity contribution in [2.24, 2.45) is 0 Å². The molecule has 1 nitrogen and oxygen atoms in total. The molecule has 0 aliphatic rings. The van der Waals surface area contributed by atoms with Gasteiger partial charge in [0.1, 0.15) is 0 Å². The van der Waals surface area contributed by atoms with Crippen molar-refractivity contribution in [2.75, 3.05) is 0 Å². The van der Waals surface area contributed by atoms with Crippen LogP contribution >= 0.6 is 10.3 Å². The summed E-state index contributed by atoms with van der Waals surface area (Å²) in [6.45, 7) is 20.1. The van der Waals surface area contributed by atoms with Crippen LogP contribution in [0.3, 0.4) is 0 Å². The molecule has 0 bridgehead atoms. The van der Waals surface area contributed by atoms with Crippen LogP contribution < -0.4 is 0 Å². The molecule has 0 spiro atoms. The minimum atomic E-state index is -2.52. The Labute approximate surface area is 197 Å². The summed E-state index contributed by atoms with van der Waals surface area (Å²) in [5, 5.41) is 0. The average Bonchev–Trinajstić information content (AvgIpc) is 2.71. The molecule has 3 aromatic carbocycles. The molecule has 3 rings (SSSR count). The van der Waals surface area contributed by atoms with Gasteiger partial charge in [-0.25, -0.2) is 0 Å². The molecule has 0 radical (unpaired) electrons. The van der Waals surface area contributed by atoms with E-state index in [9.17, 15) is 4.55 Å². The molecular formula is C30H40OS. The molecule has 0 fully saturated rings. The first-order valence-electron chi connectivity index (χ1n) is 11.5. The predicted molar refractivity (Wildman–Crippen MR) is 140 cm³/mol. The Balaban J connectivity index is 2.54. The Kier molecular flexibility index (Phi) is 6.45. The van der Waals surface area contributed by atoms with Gasteiger partial charge in [-0.2, -0.15) is 0 Å². The van der Waals surface area contributed by atoms with Crippen molar-refractivity contribution in [3.8, 4) is 0 Å². The van der Waals surface area contributed by atoms with Crippen molar-refractivity contribution in [1.29, 1.82) is 0 Å². The molecule has 0 amide bonds. The monoisotopic (exact) mass is 448 g/mol. The first-order chi connectivity index (χ1) is 14.7. The van der Waals surface area contributed by atoms with E-state index >= 15 is 0 Å². The summed E-state index contributed by atoms with van der Waals surface area (Å²) < 4.78 is 13.1. The lowest BCUT2D eigenvalue weighted by atomic mass is 9.87. The third-order valence-electron chi connectivity index (χ3n) is 6.04. The lowest BCUT2D eigenvalue weighted by Crippen LogP contribution is -2.22. The zero-order chi connectivity index (χ0) is 23.9. The number of hydrogen-bond donors (Lipinski definition) is 1. The summed E-state index contributed by atoms with van der Waals surface area (Å²) in [6, 6.07) is 25.5. The van der Waals surface area contributed by atoms with Crippen LogP contribution in [0.1, 0.15) is 79.0 Å². The van der Waals surface area contributed by atoms with Gasteiger partial charge in [-0.1, -0.05) is 127 Å². The van der Waals surface area contributed by atoms with Crippen molar-refractivity contribution < 1.29 is 4.55 Å². The molecule has 3 aromatic rings. The molecule has 0 saturated heterocycles. The lowest BCUT2D eigenvalue weighted by molar-refractivity contribution is 0.547. The van der Waals surface area contributed by atoms with Gasteiger partial charge >= 0.3 is 0 Å². The van der Waals surface area contributed by atoms with Crippen LogP contribution in [0, 0.1) is 0 Å². The Morgan fingerprint density at radius 2 is 0.656 bits per heavy atom. The second-order valence-electron chi connectivity index (χ2n) is 11.8. The van der Waals surface area contributed by atoms with Gasteiger partial charge in [0.25, 0.3) is 0 Å². The second kappa shape index (κ2) is 8.39. The Bertz CT molecular complexity index is 951. The third kappa shape index (κ3) is 4.54. The molecule has 0 aromatic heterocycles. The van der Waals surface area contributed by atoms with E-state index in [4.69, 9.17) is 0 Å². The van der Waals surface area contributed by atoms with Gasteiger partial charge in [-0.05, 0) is 51.1 Å². The van der Waals surface area contributed by atoms with E-state index in [-0.39, 0.29) is 16.2 Å². The van der Waals surface area contributed by atoms with Crippen molar-refractivity contribution >= 4 is 10.3 Å². The fraction of sp³-hybridized carbons (Fsp3) is 0.400. The SMILES string of the molecule is CC(C)(C)c1ccccc1S(O)(c1ccccc1C(C)(C)C)c1ccccc1C(C)(C)C. The van der Waals surface area contributed by atoms with E-state index in [0.717, 1.165) is 14.7 Å². The zero-order valence-electron chi connectivity index (χ0n) is 21.3. The first kappa shape index (κ1) is 24.6. The molecule has 0 aliphatic heterocycles. The van der Waals surface area contributed by atoms with Crippen LogP contribution in [0.2, 0.25) is 0 Å². The normalized spacial score (nSPS) is 13.8. The highest BCUT2D eigenvalue weighted by molar-refractivity contribution is 8.29.